The fourth-order valence-corrected chi connectivity index (χ4v) is 2.72. The van der Waals surface area contributed by atoms with E-state index in [1.54, 1.807) is 11.3 Å². The van der Waals surface area contributed by atoms with Gasteiger partial charge in [0, 0.05) is 24.9 Å². The molecule has 1 N–H and O–H groups in total. The third-order valence-electron chi connectivity index (χ3n) is 3.26. The fraction of sp³-hybridized carbons (Fsp3) is 0.818. The molecule has 0 amide bonds. The topological polar surface area (TPSA) is 49.2 Å². The molecule has 1 aliphatic rings. The van der Waals surface area contributed by atoms with Crippen LogP contribution < -0.4 is 4.90 Å². The fourth-order valence-electron chi connectivity index (χ4n) is 1.87. The Morgan fingerprint density at radius 3 is 2.62 bits per heavy atom. The molecule has 1 aromatic heterocycles. The van der Waals surface area contributed by atoms with Crippen molar-refractivity contribution in [1.29, 1.82) is 0 Å². The molecule has 0 aliphatic carbocycles. The molecule has 16 heavy (non-hydrogen) atoms. The van der Waals surface area contributed by atoms with Crippen molar-refractivity contribution in [3.63, 3.8) is 0 Å². The second kappa shape index (κ2) is 3.96. The van der Waals surface area contributed by atoms with E-state index in [0.29, 0.717) is 12.5 Å². The van der Waals surface area contributed by atoms with Gasteiger partial charge in [-0.1, -0.05) is 32.1 Å². The van der Waals surface area contributed by atoms with Gasteiger partial charge >= 0.3 is 0 Å². The predicted octanol–water partition coefficient (Wildman–Crippen LogP) is 1.87. The van der Waals surface area contributed by atoms with E-state index in [0.717, 1.165) is 16.7 Å². The van der Waals surface area contributed by atoms with E-state index in [9.17, 15) is 5.11 Å². The smallest absolute Gasteiger partial charge is 0.208 e. The van der Waals surface area contributed by atoms with Gasteiger partial charge in [0.1, 0.15) is 5.01 Å². The van der Waals surface area contributed by atoms with Crippen LogP contribution in [0.1, 0.15) is 38.6 Å². The van der Waals surface area contributed by atoms with Crippen LogP contribution >= 0.6 is 11.3 Å². The summed E-state index contributed by atoms with van der Waals surface area (Å²) in [4.78, 5) is 2.13. The number of β-amino-alcohol motifs (C(OH)–C–C–N with tert-alkyl or cyclic N) is 1. The highest BCUT2D eigenvalue weighted by atomic mass is 32.1. The van der Waals surface area contributed by atoms with Crippen LogP contribution in [0.3, 0.4) is 0 Å². The standard InChI is InChI=1S/C11H19N3OS/c1-7(2)9-12-13-10(16-9)14-5-8(3)11(4,15)6-14/h7-8,15H,5-6H2,1-4H3/t8-,11+/m1/s1. The van der Waals surface area contributed by atoms with Crippen LogP contribution in [0.15, 0.2) is 0 Å². The van der Waals surface area contributed by atoms with Gasteiger partial charge < -0.3 is 10.0 Å². The number of hydrogen-bond donors (Lipinski definition) is 1. The second-order valence-electron chi connectivity index (χ2n) is 5.22. The molecule has 1 aliphatic heterocycles. The molecule has 0 unspecified atom stereocenters. The van der Waals surface area contributed by atoms with Crippen LogP contribution in [0.4, 0.5) is 5.13 Å². The molecule has 4 nitrogen and oxygen atoms in total. The molecular formula is C11H19N3OS. The molecule has 2 atom stereocenters. The Morgan fingerprint density at radius 2 is 2.19 bits per heavy atom. The first-order chi connectivity index (χ1) is 7.40. The minimum atomic E-state index is -0.607. The first-order valence-electron chi connectivity index (χ1n) is 5.71. The van der Waals surface area contributed by atoms with Crippen LogP contribution in [0.2, 0.25) is 0 Å². The Hall–Kier alpha value is -0.680. The maximum Gasteiger partial charge on any atom is 0.208 e. The molecule has 1 saturated heterocycles. The van der Waals surface area contributed by atoms with Gasteiger partial charge in [0.25, 0.3) is 0 Å². The zero-order chi connectivity index (χ0) is 11.9. The molecule has 90 valence electrons. The maximum atomic E-state index is 10.1. The van der Waals surface area contributed by atoms with Gasteiger partial charge in [0.05, 0.1) is 5.60 Å². The van der Waals surface area contributed by atoms with E-state index >= 15 is 0 Å². The van der Waals surface area contributed by atoms with Crippen molar-refractivity contribution in [2.24, 2.45) is 5.92 Å². The third kappa shape index (κ3) is 2.06. The predicted molar refractivity (Wildman–Crippen MR) is 66.0 cm³/mol. The van der Waals surface area contributed by atoms with Crippen molar-refractivity contribution >= 4 is 16.5 Å². The summed E-state index contributed by atoms with van der Waals surface area (Å²) in [7, 11) is 0. The molecular weight excluding hydrogens is 222 g/mol. The van der Waals surface area contributed by atoms with Gasteiger partial charge in [-0.25, -0.2) is 0 Å². The van der Waals surface area contributed by atoms with Crippen molar-refractivity contribution in [1.82, 2.24) is 10.2 Å². The number of aromatic nitrogens is 2. The molecule has 5 heteroatoms. The zero-order valence-electron chi connectivity index (χ0n) is 10.3. The van der Waals surface area contributed by atoms with Crippen LogP contribution in [-0.4, -0.2) is 34.0 Å². The SMILES string of the molecule is CC(C)c1nnc(N2C[C@@H](C)[C@@](C)(O)C2)s1. The highest BCUT2D eigenvalue weighted by molar-refractivity contribution is 7.15. The normalized spacial score (nSPS) is 30.4. The summed E-state index contributed by atoms with van der Waals surface area (Å²) in [5, 5.41) is 20.5. The number of nitrogens with zero attached hydrogens (tertiary/aromatic N) is 3. The highest BCUT2D eigenvalue weighted by Crippen LogP contribution is 2.33. The number of aliphatic hydroxyl groups is 1. The van der Waals surface area contributed by atoms with Crippen molar-refractivity contribution in [2.75, 3.05) is 18.0 Å². The largest absolute Gasteiger partial charge is 0.388 e. The molecule has 0 bridgehead atoms. The summed E-state index contributed by atoms with van der Waals surface area (Å²) in [5.41, 5.74) is -0.607. The number of rotatable bonds is 2. The van der Waals surface area contributed by atoms with Gasteiger partial charge in [-0.05, 0) is 6.92 Å². The maximum absolute atomic E-state index is 10.1. The Morgan fingerprint density at radius 1 is 1.50 bits per heavy atom. The average molecular weight is 241 g/mol. The molecule has 0 radical (unpaired) electrons. The molecule has 0 spiro atoms. The summed E-state index contributed by atoms with van der Waals surface area (Å²) in [5.74, 6) is 0.700. The van der Waals surface area contributed by atoms with E-state index in [4.69, 9.17) is 0 Å². The summed E-state index contributed by atoms with van der Waals surface area (Å²) in [6.45, 7) is 9.72. The van der Waals surface area contributed by atoms with Crippen LogP contribution in [0.25, 0.3) is 0 Å². The molecule has 0 aromatic carbocycles. The van der Waals surface area contributed by atoms with E-state index in [2.05, 4.69) is 35.9 Å². The van der Waals surface area contributed by atoms with Crippen LogP contribution in [0, 0.1) is 5.92 Å². The first kappa shape index (κ1) is 11.8. The highest BCUT2D eigenvalue weighted by Gasteiger charge is 2.39. The van der Waals surface area contributed by atoms with Crippen molar-refractivity contribution < 1.29 is 5.11 Å². The minimum Gasteiger partial charge on any atom is -0.388 e. The van der Waals surface area contributed by atoms with Crippen molar-refractivity contribution in [3.05, 3.63) is 5.01 Å². The summed E-state index contributed by atoms with van der Waals surface area (Å²) in [6, 6.07) is 0. The van der Waals surface area contributed by atoms with Gasteiger partial charge in [0.15, 0.2) is 0 Å². The lowest BCUT2D eigenvalue weighted by Crippen LogP contribution is -2.33. The minimum absolute atomic E-state index is 0.277. The summed E-state index contributed by atoms with van der Waals surface area (Å²) in [6.07, 6.45) is 0. The third-order valence-corrected chi connectivity index (χ3v) is 4.55. The Bertz CT molecular complexity index is 375. The van der Waals surface area contributed by atoms with Gasteiger partial charge in [-0.2, -0.15) is 0 Å². The van der Waals surface area contributed by atoms with Gasteiger partial charge in [-0.3, -0.25) is 0 Å². The quantitative estimate of drug-likeness (QED) is 0.858. The Labute approximate surface area is 100 Å². The summed E-state index contributed by atoms with van der Waals surface area (Å²) >= 11 is 1.63. The van der Waals surface area contributed by atoms with E-state index in [1.807, 2.05) is 6.92 Å². The molecule has 0 saturated carbocycles. The zero-order valence-corrected chi connectivity index (χ0v) is 11.1. The lowest BCUT2D eigenvalue weighted by Gasteiger charge is -2.20. The van der Waals surface area contributed by atoms with E-state index in [1.165, 1.54) is 0 Å². The molecule has 2 rings (SSSR count). The monoisotopic (exact) mass is 241 g/mol. The number of anilines is 1. The summed E-state index contributed by atoms with van der Waals surface area (Å²) < 4.78 is 0. The van der Waals surface area contributed by atoms with E-state index < -0.39 is 5.60 Å². The van der Waals surface area contributed by atoms with Gasteiger partial charge in [0.2, 0.25) is 5.13 Å². The van der Waals surface area contributed by atoms with Crippen molar-refractivity contribution in [2.45, 2.75) is 39.2 Å². The van der Waals surface area contributed by atoms with Gasteiger partial charge in [-0.15, -0.1) is 10.2 Å². The van der Waals surface area contributed by atoms with Crippen molar-refractivity contribution in [3.8, 4) is 0 Å². The lowest BCUT2D eigenvalue weighted by molar-refractivity contribution is 0.0443. The Balaban J connectivity index is 2.14. The molecule has 1 fully saturated rings. The molecule has 2 heterocycles. The van der Waals surface area contributed by atoms with Crippen LogP contribution in [0.5, 0.6) is 0 Å². The lowest BCUT2D eigenvalue weighted by atomic mass is 9.95. The molecule has 1 aromatic rings. The Kier molecular flexibility index (Phi) is 2.92. The second-order valence-corrected chi connectivity index (χ2v) is 6.20. The first-order valence-corrected chi connectivity index (χ1v) is 6.52. The van der Waals surface area contributed by atoms with Crippen LogP contribution in [-0.2, 0) is 0 Å². The average Bonchev–Trinajstić information content (AvgIpc) is 2.72. The van der Waals surface area contributed by atoms with E-state index in [-0.39, 0.29) is 5.92 Å². The number of hydrogen-bond acceptors (Lipinski definition) is 5.